The van der Waals surface area contributed by atoms with Crippen molar-refractivity contribution >= 4 is 34.9 Å². The summed E-state index contributed by atoms with van der Waals surface area (Å²) in [6, 6.07) is 10.6. The van der Waals surface area contributed by atoms with E-state index in [0.29, 0.717) is 18.9 Å². The largest absolute Gasteiger partial charge is 0.389 e. The molecule has 2 atom stereocenters. The zero-order chi connectivity index (χ0) is 18.7. The number of benzene rings is 1. The van der Waals surface area contributed by atoms with Gasteiger partial charge in [-0.05, 0) is 30.2 Å². The number of aromatic nitrogens is 2. The van der Waals surface area contributed by atoms with E-state index in [0.717, 1.165) is 16.8 Å². The predicted octanol–water partition coefficient (Wildman–Crippen LogP) is 2.17. The molecule has 1 amide bonds. The standard InChI is InChI=1S/C18H20Cl2N4O2/c1-11-2-7-16(23-22-11)24-9-14(15(25)10-24)21-17(26)8-12-3-5-13(6-4-12)18(19)20/h2-7,14-15,18,25H,8-10H2,1H3,(H,21,26)/t14-,15-/m1/s1. The van der Waals surface area contributed by atoms with E-state index in [1.54, 1.807) is 12.1 Å². The summed E-state index contributed by atoms with van der Waals surface area (Å²) in [6.07, 6.45) is -0.430. The van der Waals surface area contributed by atoms with E-state index in [2.05, 4.69) is 15.5 Å². The van der Waals surface area contributed by atoms with Gasteiger partial charge < -0.3 is 15.3 Å². The topological polar surface area (TPSA) is 78.4 Å². The molecule has 3 rings (SSSR count). The number of nitrogens with zero attached hydrogens (tertiary/aromatic N) is 3. The second-order valence-electron chi connectivity index (χ2n) is 6.40. The van der Waals surface area contributed by atoms with E-state index in [1.165, 1.54) is 0 Å². The van der Waals surface area contributed by atoms with Gasteiger partial charge in [-0.3, -0.25) is 4.79 Å². The highest BCUT2D eigenvalue weighted by atomic mass is 35.5. The van der Waals surface area contributed by atoms with Crippen LogP contribution >= 0.6 is 23.2 Å². The molecule has 6 nitrogen and oxygen atoms in total. The van der Waals surface area contributed by atoms with Crippen molar-refractivity contribution in [3.63, 3.8) is 0 Å². The highest BCUT2D eigenvalue weighted by molar-refractivity contribution is 6.44. The van der Waals surface area contributed by atoms with Gasteiger partial charge in [0.05, 0.1) is 24.3 Å². The lowest BCUT2D eigenvalue weighted by Gasteiger charge is -2.17. The number of carbonyl (C=O) groups is 1. The zero-order valence-electron chi connectivity index (χ0n) is 14.3. The summed E-state index contributed by atoms with van der Waals surface area (Å²) in [6.45, 7) is 2.76. The van der Waals surface area contributed by atoms with Crippen LogP contribution < -0.4 is 10.2 Å². The van der Waals surface area contributed by atoms with Crippen LogP contribution in [0.5, 0.6) is 0 Å². The first-order chi connectivity index (χ1) is 12.4. The Morgan fingerprint density at radius 3 is 2.58 bits per heavy atom. The fourth-order valence-electron chi connectivity index (χ4n) is 2.90. The quantitative estimate of drug-likeness (QED) is 0.759. The number of β-amino-alcohol motifs (C(OH)–C–C–N with tert-alkyl or cyclic N) is 1. The van der Waals surface area contributed by atoms with Crippen molar-refractivity contribution in [3.05, 3.63) is 53.2 Å². The maximum atomic E-state index is 12.3. The van der Waals surface area contributed by atoms with Crippen LogP contribution in [-0.2, 0) is 11.2 Å². The second kappa shape index (κ2) is 8.20. The summed E-state index contributed by atoms with van der Waals surface area (Å²) in [5.74, 6) is 0.547. The van der Waals surface area contributed by atoms with Crippen LogP contribution in [0.4, 0.5) is 5.82 Å². The first kappa shape index (κ1) is 18.9. The number of nitrogens with one attached hydrogen (secondary N) is 1. The molecule has 1 aliphatic heterocycles. The molecular formula is C18H20Cl2N4O2. The number of hydrogen-bond acceptors (Lipinski definition) is 5. The Bertz CT molecular complexity index is 753. The maximum absolute atomic E-state index is 12.3. The van der Waals surface area contributed by atoms with Gasteiger partial charge in [-0.2, -0.15) is 5.10 Å². The van der Waals surface area contributed by atoms with Gasteiger partial charge in [0, 0.05) is 13.1 Å². The molecule has 1 saturated heterocycles. The molecule has 0 saturated carbocycles. The summed E-state index contributed by atoms with van der Waals surface area (Å²) < 4.78 is 0. The van der Waals surface area contributed by atoms with Gasteiger partial charge in [-0.15, -0.1) is 28.3 Å². The predicted molar refractivity (Wildman–Crippen MR) is 102 cm³/mol. The number of halogens is 2. The molecule has 1 aliphatic rings. The highest BCUT2D eigenvalue weighted by Gasteiger charge is 2.33. The number of aryl methyl sites for hydroxylation is 1. The van der Waals surface area contributed by atoms with Gasteiger partial charge in [0.1, 0.15) is 4.84 Å². The molecule has 138 valence electrons. The fourth-order valence-corrected chi connectivity index (χ4v) is 3.19. The molecule has 26 heavy (non-hydrogen) atoms. The van der Waals surface area contributed by atoms with Gasteiger partial charge in [-0.1, -0.05) is 24.3 Å². The first-order valence-electron chi connectivity index (χ1n) is 8.32. The van der Waals surface area contributed by atoms with Crippen molar-refractivity contribution in [2.45, 2.75) is 30.3 Å². The molecule has 0 aliphatic carbocycles. The van der Waals surface area contributed by atoms with Crippen LogP contribution in [0.1, 0.15) is 21.7 Å². The third-order valence-corrected chi connectivity index (χ3v) is 4.84. The molecule has 8 heteroatoms. The first-order valence-corrected chi connectivity index (χ1v) is 9.19. The lowest BCUT2D eigenvalue weighted by molar-refractivity contribution is -0.121. The molecule has 0 radical (unpaired) electrons. The van der Waals surface area contributed by atoms with Gasteiger partial charge >= 0.3 is 0 Å². The van der Waals surface area contributed by atoms with Crippen molar-refractivity contribution in [1.29, 1.82) is 0 Å². The Morgan fingerprint density at radius 2 is 1.96 bits per heavy atom. The number of anilines is 1. The smallest absolute Gasteiger partial charge is 0.224 e. The van der Waals surface area contributed by atoms with Crippen molar-refractivity contribution in [3.8, 4) is 0 Å². The number of amides is 1. The van der Waals surface area contributed by atoms with Crippen molar-refractivity contribution in [2.24, 2.45) is 0 Å². The Balaban J connectivity index is 1.56. The van der Waals surface area contributed by atoms with Gasteiger partial charge in [0.25, 0.3) is 0 Å². The Kier molecular flexibility index (Phi) is 5.96. The van der Waals surface area contributed by atoms with Crippen LogP contribution in [-0.4, -0.2) is 46.4 Å². The number of hydrogen-bond donors (Lipinski definition) is 2. The number of aliphatic hydroxyl groups is 1. The van der Waals surface area contributed by atoms with Crippen molar-refractivity contribution < 1.29 is 9.90 Å². The lowest BCUT2D eigenvalue weighted by Crippen LogP contribution is -2.43. The SMILES string of the molecule is Cc1ccc(N2C[C@@H](O)[C@H](NC(=O)Cc3ccc(C(Cl)Cl)cc3)C2)nn1. The number of alkyl halides is 2. The third-order valence-electron chi connectivity index (χ3n) is 4.34. The number of carbonyl (C=O) groups excluding carboxylic acids is 1. The summed E-state index contributed by atoms with van der Waals surface area (Å²) in [4.78, 5) is 13.6. The normalized spacial score (nSPS) is 19.8. The fraction of sp³-hybridized carbons (Fsp3) is 0.389. The molecular weight excluding hydrogens is 375 g/mol. The van der Waals surface area contributed by atoms with Crippen LogP contribution in [0.15, 0.2) is 36.4 Å². The van der Waals surface area contributed by atoms with Crippen molar-refractivity contribution in [2.75, 3.05) is 18.0 Å². The third kappa shape index (κ3) is 4.63. The second-order valence-corrected chi connectivity index (χ2v) is 7.49. The minimum Gasteiger partial charge on any atom is -0.389 e. The van der Waals surface area contributed by atoms with Gasteiger partial charge in [0.2, 0.25) is 5.91 Å². The van der Waals surface area contributed by atoms with E-state index in [9.17, 15) is 9.90 Å². The lowest BCUT2D eigenvalue weighted by atomic mass is 10.1. The van der Waals surface area contributed by atoms with Crippen LogP contribution in [0, 0.1) is 6.92 Å². The summed E-state index contributed by atoms with van der Waals surface area (Å²) in [7, 11) is 0. The summed E-state index contributed by atoms with van der Waals surface area (Å²) in [5.41, 5.74) is 2.48. The Hall–Kier alpha value is -1.89. The van der Waals surface area contributed by atoms with Crippen LogP contribution in [0.3, 0.4) is 0 Å². The molecule has 1 fully saturated rings. The average Bonchev–Trinajstić information content (AvgIpc) is 2.96. The molecule has 2 heterocycles. The van der Waals surface area contributed by atoms with Crippen LogP contribution in [0.25, 0.3) is 0 Å². The van der Waals surface area contributed by atoms with Gasteiger partial charge in [-0.25, -0.2) is 0 Å². The summed E-state index contributed by atoms with van der Waals surface area (Å²) in [5, 5.41) is 21.3. The molecule has 0 spiro atoms. The molecule has 1 aromatic carbocycles. The molecule has 0 unspecified atom stereocenters. The Morgan fingerprint density at radius 1 is 1.23 bits per heavy atom. The van der Waals surface area contributed by atoms with E-state index in [1.807, 2.05) is 36.1 Å². The molecule has 0 bridgehead atoms. The zero-order valence-corrected chi connectivity index (χ0v) is 15.8. The van der Waals surface area contributed by atoms with E-state index in [4.69, 9.17) is 23.2 Å². The van der Waals surface area contributed by atoms with E-state index < -0.39 is 10.9 Å². The van der Waals surface area contributed by atoms with Crippen molar-refractivity contribution in [1.82, 2.24) is 15.5 Å². The molecule has 1 aromatic heterocycles. The van der Waals surface area contributed by atoms with Gasteiger partial charge in [0.15, 0.2) is 5.82 Å². The minimum absolute atomic E-state index is 0.146. The minimum atomic E-state index is -0.655. The molecule has 2 N–H and O–H groups in total. The average molecular weight is 395 g/mol. The van der Waals surface area contributed by atoms with E-state index >= 15 is 0 Å². The summed E-state index contributed by atoms with van der Waals surface area (Å²) >= 11 is 11.6. The number of aliphatic hydroxyl groups excluding tert-OH is 1. The Labute approximate surface area is 162 Å². The highest BCUT2D eigenvalue weighted by Crippen LogP contribution is 2.24. The molecule has 2 aromatic rings. The van der Waals surface area contributed by atoms with E-state index in [-0.39, 0.29) is 18.4 Å². The van der Waals surface area contributed by atoms with Crippen LogP contribution in [0.2, 0.25) is 0 Å². The maximum Gasteiger partial charge on any atom is 0.224 e. The monoisotopic (exact) mass is 394 g/mol. The number of rotatable bonds is 5.